The molecular weight excluding hydrogens is 136 g/mol. The molecule has 1 saturated heterocycles. The van der Waals surface area contributed by atoms with E-state index in [0.29, 0.717) is 5.04 Å². The van der Waals surface area contributed by atoms with Gasteiger partial charge in [-0.25, -0.2) is 0 Å². The Morgan fingerprint density at radius 3 is 1.90 bits per heavy atom. The van der Waals surface area contributed by atoms with Gasteiger partial charge < -0.3 is 0 Å². The Balaban J connectivity index is 2.01. The second kappa shape index (κ2) is 1.88. The van der Waals surface area contributed by atoms with Crippen molar-refractivity contribution in [2.24, 2.45) is 0 Å². The van der Waals surface area contributed by atoms with Crippen LogP contribution in [0.2, 0.25) is 16.1 Å². The third kappa shape index (κ3) is 0.867. The lowest BCUT2D eigenvalue weighted by Gasteiger charge is -2.18. The Morgan fingerprint density at radius 1 is 1.10 bits per heavy atom. The van der Waals surface area contributed by atoms with E-state index in [2.05, 4.69) is 20.8 Å². The first-order valence-corrected chi connectivity index (χ1v) is 6.13. The van der Waals surface area contributed by atoms with Gasteiger partial charge in [-0.15, -0.1) is 0 Å². The quantitative estimate of drug-likeness (QED) is 0.469. The Bertz CT molecular complexity index is 135. The normalized spacial score (nSPS) is 39.9. The Labute approximate surface area is 65.6 Å². The third-order valence-corrected chi connectivity index (χ3v) is 7.40. The topological polar surface area (TPSA) is 0 Å². The standard InChI is InChI=1S/C9H17Si/c1-9(2,3)10-7-5-4-6-8(7)10/h7-8H,4-6H2,1-3H3. The molecule has 0 nitrogen and oxygen atoms in total. The summed E-state index contributed by atoms with van der Waals surface area (Å²) in [4.78, 5) is 0. The van der Waals surface area contributed by atoms with Crippen LogP contribution in [0.15, 0.2) is 0 Å². The number of hydrogen-bond acceptors (Lipinski definition) is 0. The highest BCUT2D eigenvalue weighted by Crippen LogP contribution is 2.68. The number of fused-ring (bicyclic) bond motifs is 1. The third-order valence-electron chi connectivity index (χ3n) is 3.07. The van der Waals surface area contributed by atoms with Crippen LogP contribution in [0, 0.1) is 0 Å². The van der Waals surface area contributed by atoms with Gasteiger partial charge in [0.1, 0.15) is 0 Å². The van der Waals surface area contributed by atoms with Crippen molar-refractivity contribution in [1.29, 1.82) is 0 Å². The second-order valence-corrected chi connectivity index (χ2v) is 8.74. The van der Waals surface area contributed by atoms with E-state index in [9.17, 15) is 0 Å². The fourth-order valence-corrected chi connectivity index (χ4v) is 7.36. The molecule has 1 radical (unpaired) electrons. The van der Waals surface area contributed by atoms with Crippen molar-refractivity contribution < 1.29 is 0 Å². The van der Waals surface area contributed by atoms with Gasteiger partial charge in [-0.3, -0.25) is 0 Å². The molecule has 1 aliphatic carbocycles. The molecule has 2 atom stereocenters. The predicted octanol–water partition coefficient (Wildman–Crippen LogP) is 3.22. The molecule has 1 saturated carbocycles. The minimum Gasteiger partial charge on any atom is -0.0627 e. The van der Waals surface area contributed by atoms with E-state index in [-0.39, 0.29) is 8.80 Å². The molecule has 10 heavy (non-hydrogen) atoms. The maximum absolute atomic E-state index is 2.44. The number of rotatable bonds is 0. The van der Waals surface area contributed by atoms with Gasteiger partial charge in [0.15, 0.2) is 0 Å². The summed E-state index contributed by atoms with van der Waals surface area (Å²) >= 11 is 0. The molecule has 0 spiro atoms. The van der Waals surface area contributed by atoms with Gasteiger partial charge in [0.2, 0.25) is 0 Å². The first-order valence-electron chi connectivity index (χ1n) is 4.48. The first kappa shape index (κ1) is 6.90. The van der Waals surface area contributed by atoms with Crippen LogP contribution in [0.1, 0.15) is 40.0 Å². The van der Waals surface area contributed by atoms with E-state index in [4.69, 9.17) is 0 Å². The molecular formula is C9H17Si. The van der Waals surface area contributed by atoms with Crippen LogP contribution in [0.4, 0.5) is 0 Å². The van der Waals surface area contributed by atoms with Crippen LogP contribution in [0.25, 0.3) is 0 Å². The van der Waals surface area contributed by atoms with Crippen LogP contribution >= 0.6 is 0 Å². The first-order chi connectivity index (χ1) is 4.61. The predicted molar refractivity (Wildman–Crippen MR) is 46.8 cm³/mol. The highest BCUT2D eigenvalue weighted by Gasteiger charge is 2.58. The minimum absolute atomic E-state index is 0.120. The minimum atomic E-state index is 0.120. The van der Waals surface area contributed by atoms with Crippen molar-refractivity contribution in [3.8, 4) is 0 Å². The largest absolute Gasteiger partial charge is 0.0627 e. The van der Waals surface area contributed by atoms with Crippen molar-refractivity contribution in [3.63, 3.8) is 0 Å². The van der Waals surface area contributed by atoms with Gasteiger partial charge in [0.05, 0.1) is 8.80 Å². The molecule has 57 valence electrons. The molecule has 1 heterocycles. The summed E-state index contributed by atoms with van der Waals surface area (Å²) in [7, 11) is 0.120. The summed E-state index contributed by atoms with van der Waals surface area (Å²) in [6.45, 7) is 7.33. The molecule has 1 heteroatoms. The highest BCUT2D eigenvalue weighted by atomic mass is 28.3. The van der Waals surface area contributed by atoms with E-state index >= 15 is 0 Å². The zero-order chi connectivity index (χ0) is 7.35. The maximum atomic E-state index is 2.44. The van der Waals surface area contributed by atoms with E-state index in [0.717, 1.165) is 0 Å². The molecule has 2 aliphatic rings. The van der Waals surface area contributed by atoms with Gasteiger partial charge in [-0.1, -0.05) is 40.0 Å². The van der Waals surface area contributed by atoms with Crippen molar-refractivity contribution in [2.45, 2.75) is 56.2 Å². The van der Waals surface area contributed by atoms with Gasteiger partial charge in [-0.2, -0.15) is 0 Å². The molecule has 0 aromatic rings. The highest BCUT2D eigenvalue weighted by molar-refractivity contribution is 6.77. The smallest absolute Gasteiger partial charge is 0.0603 e. The van der Waals surface area contributed by atoms with E-state index in [1.54, 1.807) is 19.3 Å². The van der Waals surface area contributed by atoms with Gasteiger partial charge >= 0.3 is 0 Å². The van der Waals surface area contributed by atoms with Crippen molar-refractivity contribution >= 4 is 8.80 Å². The Hall–Kier alpha value is 0.217. The summed E-state index contributed by atoms with van der Waals surface area (Å²) in [6.07, 6.45) is 4.70. The molecule has 0 amide bonds. The monoisotopic (exact) mass is 153 g/mol. The second-order valence-electron chi connectivity index (χ2n) is 4.85. The zero-order valence-electron chi connectivity index (χ0n) is 7.28. The van der Waals surface area contributed by atoms with Crippen molar-refractivity contribution in [1.82, 2.24) is 0 Å². The van der Waals surface area contributed by atoms with E-state index < -0.39 is 0 Å². The summed E-state index contributed by atoms with van der Waals surface area (Å²) in [5, 5.41) is 0.709. The average Bonchev–Trinajstić information content (AvgIpc) is 2.30. The molecule has 1 aliphatic heterocycles. The fraction of sp³-hybridized carbons (Fsp3) is 1.00. The van der Waals surface area contributed by atoms with E-state index in [1.807, 2.05) is 0 Å². The lowest BCUT2D eigenvalue weighted by molar-refractivity contribution is 0.729. The van der Waals surface area contributed by atoms with Crippen molar-refractivity contribution in [3.05, 3.63) is 0 Å². The Morgan fingerprint density at radius 2 is 1.60 bits per heavy atom. The lowest BCUT2D eigenvalue weighted by atomic mass is 10.2. The molecule has 0 aromatic heterocycles. The summed E-state index contributed by atoms with van der Waals surface area (Å²) in [6, 6.07) is 0. The molecule has 2 rings (SSSR count). The van der Waals surface area contributed by atoms with Gasteiger partial charge in [0, 0.05) is 0 Å². The maximum Gasteiger partial charge on any atom is 0.0603 e. The SMILES string of the molecule is CC(C)(C)[Si]1C2CCCC21. The summed E-state index contributed by atoms with van der Waals surface area (Å²) in [5.41, 5.74) is 2.48. The van der Waals surface area contributed by atoms with Crippen LogP contribution in [0.3, 0.4) is 0 Å². The molecule has 0 aromatic carbocycles. The van der Waals surface area contributed by atoms with E-state index in [1.165, 1.54) is 11.1 Å². The Kier molecular flexibility index (Phi) is 1.29. The fourth-order valence-electron chi connectivity index (χ4n) is 2.76. The van der Waals surface area contributed by atoms with Gasteiger partial charge in [0.25, 0.3) is 0 Å². The molecule has 0 N–H and O–H groups in total. The molecule has 0 bridgehead atoms. The number of hydrogen-bond donors (Lipinski definition) is 0. The average molecular weight is 153 g/mol. The van der Waals surface area contributed by atoms with Crippen LogP contribution in [-0.4, -0.2) is 8.80 Å². The summed E-state index contributed by atoms with van der Waals surface area (Å²) < 4.78 is 0. The molecule has 2 unspecified atom stereocenters. The zero-order valence-corrected chi connectivity index (χ0v) is 8.28. The lowest BCUT2D eigenvalue weighted by Crippen LogP contribution is -2.12. The van der Waals surface area contributed by atoms with Crippen LogP contribution in [0.5, 0.6) is 0 Å². The van der Waals surface area contributed by atoms with Crippen LogP contribution < -0.4 is 0 Å². The summed E-state index contributed by atoms with van der Waals surface area (Å²) in [5.74, 6) is 0. The molecule has 2 fully saturated rings. The van der Waals surface area contributed by atoms with Gasteiger partial charge in [-0.05, 0) is 16.1 Å². The van der Waals surface area contributed by atoms with Crippen molar-refractivity contribution in [2.75, 3.05) is 0 Å². The van der Waals surface area contributed by atoms with Crippen LogP contribution in [-0.2, 0) is 0 Å².